The van der Waals surface area contributed by atoms with Crippen molar-refractivity contribution in [2.75, 3.05) is 13.1 Å². The number of nitrogens with one attached hydrogen (secondary N) is 1. The minimum Gasteiger partial charge on any atom is -0.346 e. The first kappa shape index (κ1) is 17.0. The zero-order valence-corrected chi connectivity index (χ0v) is 14.7. The van der Waals surface area contributed by atoms with Gasteiger partial charge in [0.1, 0.15) is 0 Å². The Hall–Kier alpha value is -1.85. The Bertz CT molecular complexity index is 713. The van der Waals surface area contributed by atoms with E-state index >= 15 is 0 Å². The minimum absolute atomic E-state index is 0.170. The first-order valence-electron chi connectivity index (χ1n) is 8.48. The number of carbonyl (C=O) groups excluding carboxylic acids is 1. The highest BCUT2D eigenvalue weighted by Crippen LogP contribution is 2.16. The van der Waals surface area contributed by atoms with Gasteiger partial charge in [0.2, 0.25) is 0 Å². The summed E-state index contributed by atoms with van der Waals surface area (Å²) in [6, 6.07) is 9.15. The van der Waals surface area contributed by atoms with Gasteiger partial charge in [0, 0.05) is 13.1 Å². The SMILES string of the molecule is CCCCN1CCn2nc(CNC(=O)c3ccccc3Cl)cc2C1. The van der Waals surface area contributed by atoms with E-state index in [1.807, 2.05) is 6.07 Å². The van der Waals surface area contributed by atoms with Crippen LogP contribution in [0.5, 0.6) is 0 Å². The van der Waals surface area contributed by atoms with Crippen LogP contribution in [0.4, 0.5) is 0 Å². The van der Waals surface area contributed by atoms with Crippen LogP contribution in [-0.2, 0) is 19.6 Å². The molecule has 1 amide bonds. The molecule has 1 aliphatic heterocycles. The van der Waals surface area contributed by atoms with Crippen molar-refractivity contribution in [1.82, 2.24) is 20.0 Å². The Morgan fingerprint density at radius 1 is 1.33 bits per heavy atom. The molecule has 0 aliphatic carbocycles. The van der Waals surface area contributed by atoms with E-state index in [2.05, 4.69) is 33.0 Å². The minimum atomic E-state index is -0.170. The molecule has 0 spiro atoms. The summed E-state index contributed by atoms with van der Waals surface area (Å²) in [5, 5.41) is 7.96. The van der Waals surface area contributed by atoms with Crippen LogP contribution in [0.2, 0.25) is 5.02 Å². The lowest BCUT2D eigenvalue weighted by atomic mass is 10.2. The molecule has 24 heavy (non-hydrogen) atoms. The van der Waals surface area contributed by atoms with Crippen molar-refractivity contribution >= 4 is 17.5 Å². The smallest absolute Gasteiger partial charge is 0.253 e. The maximum Gasteiger partial charge on any atom is 0.253 e. The van der Waals surface area contributed by atoms with Crippen molar-refractivity contribution in [3.05, 3.63) is 52.3 Å². The van der Waals surface area contributed by atoms with Crippen LogP contribution in [0, 0.1) is 0 Å². The molecule has 2 heterocycles. The highest BCUT2D eigenvalue weighted by Gasteiger charge is 2.18. The van der Waals surface area contributed by atoms with Gasteiger partial charge in [-0.2, -0.15) is 5.10 Å². The number of aromatic nitrogens is 2. The van der Waals surface area contributed by atoms with E-state index in [0.29, 0.717) is 17.1 Å². The van der Waals surface area contributed by atoms with Gasteiger partial charge >= 0.3 is 0 Å². The zero-order chi connectivity index (χ0) is 16.9. The quantitative estimate of drug-likeness (QED) is 0.874. The van der Waals surface area contributed by atoms with Crippen molar-refractivity contribution in [2.45, 2.75) is 39.4 Å². The summed E-state index contributed by atoms with van der Waals surface area (Å²) in [7, 11) is 0. The molecular formula is C18H23ClN4O. The number of halogens is 1. The Morgan fingerprint density at radius 3 is 2.96 bits per heavy atom. The van der Waals surface area contributed by atoms with Crippen LogP contribution in [-0.4, -0.2) is 33.7 Å². The lowest BCUT2D eigenvalue weighted by molar-refractivity contribution is 0.0950. The predicted octanol–water partition coefficient (Wildman–Crippen LogP) is 3.08. The van der Waals surface area contributed by atoms with Gasteiger partial charge < -0.3 is 5.32 Å². The fourth-order valence-corrected chi connectivity index (χ4v) is 3.17. The third-order valence-electron chi connectivity index (χ3n) is 4.30. The second-order valence-electron chi connectivity index (χ2n) is 6.14. The third-order valence-corrected chi connectivity index (χ3v) is 4.63. The molecule has 0 unspecified atom stereocenters. The molecule has 0 radical (unpaired) electrons. The lowest BCUT2D eigenvalue weighted by Crippen LogP contribution is -2.34. The van der Waals surface area contributed by atoms with Crippen molar-refractivity contribution < 1.29 is 4.79 Å². The molecule has 3 rings (SSSR count). The summed E-state index contributed by atoms with van der Waals surface area (Å²) in [6.45, 7) is 6.66. The summed E-state index contributed by atoms with van der Waals surface area (Å²) in [4.78, 5) is 14.7. The summed E-state index contributed by atoms with van der Waals surface area (Å²) in [5.41, 5.74) is 2.61. The van der Waals surface area contributed by atoms with E-state index in [0.717, 1.165) is 31.9 Å². The fraction of sp³-hybridized carbons (Fsp3) is 0.444. The van der Waals surface area contributed by atoms with Crippen LogP contribution >= 0.6 is 11.6 Å². The molecule has 2 aromatic rings. The lowest BCUT2D eigenvalue weighted by Gasteiger charge is -2.27. The Kier molecular flexibility index (Phi) is 5.53. The van der Waals surface area contributed by atoms with Crippen molar-refractivity contribution in [2.24, 2.45) is 0 Å². The summed E-state index contributed by atoms with van der Waals surface area (Å²) in [5.74, 6) is -0.170. The number of unbranched alkanes of at least 4 members (excludes halogenated alkanes) is 1. The van der Waals surface area contributed by atoms with E-state index < -0.39 is 0 Å². The van der Waals surface area contributed by atoms with E-state index in [1.165, 1.54) is 18.5 Å². The second-order valence-corrected chi connectivity index (χ2v) is 6.55. The molecular weight excluding hydrogens is 324 g/mol. The van der Waals surface area contributed by atoms with Gasteiger partial charge in [-0.3, -0.25) is 14.4 Å². The molecule has 1 N–H and O–H groups in total. The van der Waals surface area contributed by atoms with E-state index in [-0.39, 0.29) is 5.91 Å². The summed E-state index contributed by atoms with van der Waals surface area (Å²) >= 11 is 6.05. The number of hydrogen-bond donors (Lipinski definition) is 1. The molecule has 6 heteroatoms. The average Bonchev–Trinajstić information content (AvgIpc) is 3.00. The number of hydrogen-bond acceptors (Lipinski definition) is 3. The standard InChI is InChI=1S/C18H23ClN4O/c1-2-3-8-22-9-10-23-15(13-22)11-14(21-23)12-20-18(24)16-6-4-5-7-17(16)19/h4-7,11H,2-3,8-10,12-13H2,1H3,(H,20,24). The Balaban J connectivity index is 1.59. The Labute approximate surface area is 147 Å². The van der Waals surface area contributed by atoms with Crippen molar-refractivity contribution in [3.63, 3.8) is 0 Å². The molecule has 1 aliphatic rings. The van der Waals surface area contributed by atoms with Gasteiger partial charge in [0.25, 0.3) is 5.91 Å². The van der Waals surface area contributed by atoms with E-state index in [1.54, 1.807) is 18.2 Å². The van der Waals surface area contributed by atoms with Crippen molar-refractivity contribution in [1.29, 1.82) is 0 Å². The van der Waals surface area contributed by atoms with Gasteiger partial charge in [-0.15, -0.1) is 0 Å². The number of amides is 1. The number of carbonyl (C=O) groups is 1. The maximum atomic E-state index is 12.2. The molecule has 5 nitrogen and oxygen atoms in total. The van der Waals surface area contributed by atoms with Crippen LogP contribution in [0.1, 0.15) is 41.5 Å². The third kappa shape index (κ3) is 3.97. The number of rotatable bonds is 6. The normalized spacial score (nSPS) is 14.4. The largest absolute Gasteiger partial charge is 0.346 e. The second kappa shape index (κ2) is 7.81. The van der Waals surface area contributed by atoms with Crippen LogP contribution < -0.4 is 5.32 Å². The number of benzene rings is 1. The number of fused-ring (bicyclic) bond motifs is 1. The summed E-state index contributed by atoms with van der Waals surface area (Å²) < 4.78 is 2.05. The van der Waals surface area contributed by atoms with Gasteiger partial charge in [-0.05, 0) is 31.2 Å². The first-order valence-corrected chi connectivity index (χ1v) is 8.86. The molecule has 128 valence electrons. The molecule has 0 saturated carbocycles. The topological polar surface area (TPSA) is 50.2 Å². The molecule has 0 bridgehead atoms. The van der Waals surface area contributed by atoms with Gasteiger partial charge in [-0.25, -0.2) is 0 Å². The molecule has 1 aromatic heterocycles. The van der Waals surface area contributed by atoms with Gasteiger partial charge in [-0.1, -0.05) is 37.1 Å². The maximum absolute atomic E-state index is 12.2. The molecule has 0 atom stereocenters. The highest BCUT2D eigenvalue weighted by molar-refractivity contribution is 6.33. The van der Waals surface area contributed by atoms with Crippen molar-refractivity contribution in [3.8, 4) is 0 Å². The molecule has 1 aromatic carbocycles. The molecule has 0 fully saturated rings. The Morgan fingerprint density at radius 2 is 2.17 bits per heavy atom. The fourth-order valence-electron chi connectivity index (χ4n) is 2.95. The van der Waals surface area contributed by atoms with Crippen LogP contribution in [0.15, 0.2) is 30.3 Å². The van der Waals surface area contributed by atoms with Crippen LogP contribution in [0.25, 0.3) is 0 Å². The zero-order valence-electron chi connectivity index (χ0n) is 14.0. The van der Waals surface area contributed by atoms with E-state index in [4.69, 9.17) is 11.6 Å². The van der Waals surface area contributed by atoms with Crippen LogP contribution in [0.3, 0.4) is 0 Å². The molecule has 0 saturated heterocycles. The monoisotopic (exact) mass is 346 g/mol. The van der Waals surface area contributed by atoms with Gasteiger partial charge in [0.15, 0.2) is 0 Å². The number of nitrogens with zero attached hydrogens (tertiary/aromatic N) is 3. The highest BCUT2D eigenvalue weighted by atomic mass is 35.5. The first-order chi connectivity index (χ1) is 11.7. The van der Waals surface area contributed by atoms with E-state index in [9.17, 15) is 4.79 Å². The average molecular weight is 347 g/mol. The predicted molar refractivity (Wildman–Crippen MR) is 95.0 cm³/mol. The summed E-state index contributed by atoms with van der Waals surface area (Å²) in [6.07, 6.45) is 2.45. The van der Waals surface area contributed by atoms with Gasteiger partial charge in [0.05, 0.1) is 35.1 Å².